The number of amides is 1. The smallest absolute Gasteiger partial charge is 0.404 e. The van der Waals surface area contributed by atoms with Gasteiger partial charge in [0.25, 0.3) is 0 Å². The predicted molar refractivity (Wildman–Crippen MR) is 88.0 cm³/mol. The molecule has 1 aromatic carbocycles. The number of halogens is 1. The van der Waals surface area contributed by atoms with Crippen molar-refractivity contribution in [2.75, 3.05) is 13.2 Å². The Hall–Kier alpha value is -2.57. The van der Waals surface area contributed by atoms with E-state index in [9.17, 15) is 9.18 Å². The molecule has 1 aromatic heterocycles. The van der Waals surface area contributed by atoms with E-state index in [2.05, 4.69) is 17.2 Å². The monoisotopic (exact) mass is 336 g/mol. The molecule has 0 aliphatic carbocycles. The molecule has 0 saturated heterocycles. The largest absolute Gasteiger partial charge is 0.493 e. The molecule has 6 nitrogen and oxygen atoms in total. The highest BCUT2D eigenvalue weighted by Crippen LogP contribution is 2.22. The van der Waals surface area contributed by atoms with E-state index in [1.165, 1.54) is 0 Å². The highest BCUT2D eigenvalue weighted by molar-refractivity contribution is 5.74. The lowest BCUT2D eigenvalue weighted by molar-refractivity contribution is 0.195. The van der Waals surface area contributed by atoms with Gasteiger partial charge in [0.15, 0.2) is 11.5 Å². The molecule has 0 aliphatic rings. The van der Waals surface area contributed by atoms with Crippen LogP contribution in [0.4, 0.5) is 9.18 Å². The molecule has 2 N–H and O–H groups in total. The average Bonchev–Trinajstić information content (AvgIpc) is 2.97. The number of oxazole rings is 1. The van der Waals surface area contributed by atoms with E-state index in [0.717, 1.165) is 24.8 Å². The van der Waals surface area contributed by atoms with E-state index in [4.69, 9.17) is 14.3 Å². The van der Waals surface area contributed by atoms with Gasteiger partial charge in [0, 0.05) is 25.5 Å². The normalized spacial score (nSPS) is 11.7. The highest BCUT2D eigenvalue weighted by atomic mass is 19.1. The Morgan fingerprint density at radius 2 is 2.33 bits per heavy atom. The predicted octanol–water partition coefficient (Wildman–Crippen LogP) is 4.06. The van der Waals surface area contributed by atoms with Crippen LogP contribution in [0.2, 0.25) is 0 Å². The Morgan fingerprint density at radius 3 is 3.04 bits per heavy atom. The van der Waals surface area contributed by atoms with Gasteiger partial charge in [-0.2, -0.15) is 0 Å². The molecule has 0 bridgehead atoms. The Balaban J connectivity index is 1.89. The molecule has 2 rings (SSSR count). The van der Waals surface area contributed by atoms with Gasteiger partial charge >= 0.3 is 6.09 Å². The number of aryl methyl sites for hydroxylation is 1. The highest BCUT2D eigenvalue weighted by Gasteiger charge is 2.07. The van der Waals surface area contributed by atoms with Crippen molar-refractivity contribution in [1.82, 2.24) is 10.3 Å². The van der Waals surface area contributed by atoms with Crippen molar-refractivity contribution in [3.05, 3.63) is 36.0 Å². The Labute approximate surface area is 139 Å². The number of nitrogens with zero attached hydrogens (tertiary/aromatic N) is 1. The van der Waals surface area contributed by atoms with Crippen molar-refractivity contribution >= 4 is 17.2 Å². The van der Waals surface area contributed by atoms with Crippen LogP contribution < -0.4 is 10.1 Å². The number of hydrogen-bond acceptors (Lipinski definition) is 4. The standard InChI is InChI=1S/C17H21FN2O4/c1-2-3-4-16-20-14-6-5-13(9-15(14)24-16)23-8-7-12(10-18)11-19-17(21)22/h5-6,9-10,19H,2-4,7-8,11H2,1H3,(H,21,22). The van der Waals surface area contributed by atoms with Gasteiger partial charge < -0.3 is 19.6 Å². The number of unbranched alkanes of at least 4 members (excludes halogenated alkanes) is 1. The number of carboxylic acid groups (broad SMARTS) is 1. The van der Waals surface area contributed by atoms with Gasteiger partial charge in [0.1, 0.15) is 11.3 Å². The molecular weight excluding hydrogens is 315 g/mol. The van der Waals surface area contributed by atoms with Crippen LogP contribution in [0.15, 0.2) is 34.5 Å². The second-order valence-corrected chi connectivity index (χ2v) is 5.37. The van der Waals surface area contributed by atoms with Gasteiger partial charge in [-0.15, -0.1) is 0 Å². The summed E-state index contributed by atoms with van der Waals surface area (Å²) < 4.78 is 23.9. The Morgan fingerprint density at radius 1 is 1.50 bits per heavy atom. The first kappa shape index (κ1) is 17.8. The van der Waals surface area contributed by atoms with Crippen molar-refractivity contribution in [3.63, 3.8) is 0 Å². The molecule has 0 spiro atoms. The molecule has 130 valence electrons. The lowest BCUT2D eigenvalue weighted by Gasteiger charge is -2.08. The first-order valence-corrected chi connectivity index (χ1v) is 7.89. The average molecular weight is 336 g/mol. The number of ether oxygens (including phenoxy) is 1. The summed E-state index contributed by atoms with van der Waals surface area (Å²) >= 11 is 0. The zero-order valence-electron chi connectivity index (χ0n) is 13.5. The van der Waals surface area contributed by atoms with Crippen molar-refractivity contribution in [1.29, 1.82) is 0 Å². The third kappa shape index (κ3) is 5.26. The summed E-state index contributed by atoms with van der Waals surface area (Å²) in [7, 11) is 0. The van der Waals surface area contributed by atoms with Crippen LogP contribution in [-0.4, -0.2) is 29.3 Å². The van der Waals surface area contributed by atoms with E-state index in [-0.39, 0.29) is 19.6 Å². The Bertz CT molecular complexity index is 712. The lowest BCUT2D eigenvalue weighted by Crippen LogP contribution is -2.23. The van der Waals surface area contributed by atoms with Gasteiger partial charge in [0.05, 0.1) is 12.9 Å². The van der Waals surface area contributed by atoms with Crippen LogP contribution in [0.1, 0.15) is 32.1 Å². The van der Waals surface area contributed by atoms with E-state index in [1.54, 1.807) is 12.1 Å². The molecular formula is C17H21FN2O4. The molecule has 0 saturated carbocycles. The van der Waals surface area contributed by atoms with Crippen LogP contribution in [0.5, 0.6) is 5.75 Å². The minimum atomic E-state index is -1.19. The maximum Gasteiger partial charge on any atom is 0.404 e. The van der Waals surface area contributed by atoms with Gasteiger partial charge in [0.2, 0.25) is 0 Å². The molecule has 1 heterocycles. The zero-order valence-corrected chi connectivity index (χ0v) is 13.5. The van der Waals surface area contributed by atoms with E-state index in [0.29, 0.717) is 29.1 Å². The topological polar surface area (TPSA) is 84.6 Å². The van der Waals surface area contributed by atoms with E-state index in [1.807, 2.05) is 6.07 Å². The molecule has 24 heavy (non-hydrogen) atoms. The molecule has 1 amide bonds. The fraction of sp³-hybridized carbons (Fsp3) is 0.412. The van der Waals surface area contributed by atoms with Crippen LogP contribution in [0.3, 0.4) is 0 Å². The van der Waals surface area contributed by atoms with Crippen LogP contribution in [0, 0.1) is 0 Å². The molecule has 0 fully saturated rings. The van der Waals surface area contributed by atoms with E-state index < -0.39 is 6.09 Å². The van der Waals surface area contributed by atoms with Crippen LogP contribution >= 0.6 is 0 Å². The van der Waals surface area contributed by atoms with Gasteiger partial charge in [-0.3, -0.25) is 0 Å². The number of carbonyl (C=O) groups is 1. The van der Waals surface area contributed by atoms with Gasteiger partial charge in [-0.1, -0.05) is 13.3 Å². The third-order valence-corrected chi connectivity index (χ3v) is 3.46. The number of benzene rings is 1. The van der Waals surface area contributed by atoms with Crippen LogP contribution in [-0.2, 0) is 6.42 Å². The number of fused-ring (bicyclic) bond motifs is 1. The van der Waals surface area contributed by atoms with Crippen molar-refractivity contribution in [2.24, 2.45) is 0 Å². The van der Waals surface area contributed by atoms with E-state index >= 15 is 0 Å². The SMILES string of the molecule is CCCCc1nc2ccc(OCCC(=CF)CNC(=O)O)cc2o1. The minimum absolute atomic E-state index is 0.0584. The summed E-state index contributed by atoms with van der Waals surface area (Å²) in [6.07, 6.45) is 2.41. The summed E-state index contributed by atoms with van der Waals surface area (Å²) in [5.74, 6) is 1.32. The summed E-state index contributed by atoms with van der Waals surface area (Å²) in [6.45, 7) is 2.29. The van der Waals surface area contributed by atoms with Gasteiger partial charge in [-0.25, -0.2) is 14.2 Å². The van der Waals surface area contributed by atoms with Crippen LogP contribution in [0.25, 0.3) is 11.1 Å². The first-order valence-electron chi connectivity index (χ1n) is 7.89. The maximum atomic E-state index is 12.7. The zero-order chi connectivity index (χ0) is 17.4. The Kier molecular flexibility index (Phi) is 6.60. The third-order valence-electron chi connectivity index (χ3n) is 3.46. The summed E-state index contributed by atoms with van der Waals surface area (Å²) in [5, 5.41) is 10.6. The molecule has 0 aliphatic heterocycles. The summed E-state index contributed by atoms with van der Waals surface area (Å²) in [6, 6.07) is 5.36. The molecule has 0 radical (unpaired) electrons. The number of hydrogen-bond donors (Lipinski definition) is 2. The second-order valence-electron chi connectivity index (χ2n) is 5.37. The van der Waals surface area contributed by atoms with Crippen molar-refractivity contribution in [3.8, 4) is 5.75 Å². The molecule has 7 heteroatoms. The minimum Gasteiger partial charge on any atom is -0.493 e. The van der Waals surface area contributed by atoms with Crippen molar-refractivity contribution < 1.29 is 23.4 Å². The molecule has 0 unspecified atom stereocenters. The molecule has 0 atom stereocenters. The fourth-order valence-corrected chi connectivity index (χ4v) is 2.15. The number of nitrogens with one attached hydrogen (secondary N) is 1. The number of aromatic nitrogens is 1. The van der Waals surface area contributed by atoms with Crippen molar-refractivity contribution in [2.45, 2.75) is 32.6 Å². The first-order chi connectivity index (χ1) is 11.6. The quantitative estimate of drug-likeness (QED) is 0.721. The summed E-state index contributed by atoms with van der Waals surface area (Å²) in [5.41, 5.74) is 1.76. The lowest BCUT2D eigenvalue weighted by atomic mass is 10.2. The second kappa shape index (κ2) is 8.90. The molecule has 2 aromatic rings. The fourth-order valence-electron chi connectivity index (χ4n) is 2.15. The van der Waals surface area contributed by atoms with Gasteiger partial charge in [-0.05, 0) is 24.1 Å². The summed E-state index contributed by atoms with van der Waals surface area (Å²) in [4.78, 5) is 14.8. The number of rotatable bonds is 9. The maximum absolute atomic E-state index is 12.7.